The van der Waals surface area contributed by atoms with E-state index in [1.807, 2.05) is 0 Å². The third-order valence-electron chi connectivity index (χ3n) is 3.30. The molecule has 0 radical (unpaired) electrons. The molecule has 2 rings (SSSR count). The van der Waals surface area contributed by atoms with Crippen LogP contribution in [0.4, 0.5) is 4.39 Å². The minimum atomic E-state index is -0.329. The average molecular weight is 313 g/mol. The van der Waals surface area contributed by atoms with E-state index in [2.05, 4.69) is 6.07 Å². The Labute approximate surface area is 134 Å². The number of hydrogen-bond donors (Lipinski definition) is 0. The molecule has 0 heterocycles. The Balaban J connectivity index is 2.56. The van der Waals surface area contributed by atoms with E-state index in [-0.39, 0.29) is 5.82 Å². The molecule has 0 N–H and O–H groups in total. The van der Waals surface area contributed by atoms with Gasteiger partial charge in [0.05, 0.1) is 33.0 Å². The Morgan fingerprint density at radius 3 is 2.04 bits per heavy atom. The van der Waals surface area contributed by atoms with Gasteiger partial charge in [0, 0.05) is 11.6 Å². The SMILES string of the molecule is COc1cc(OC)c(C(C#N)=Cc2ccc(F)cc2)cc1OC. The Bertz CT molecular complexity index is 761. The fraction of sp³-hybridized carbons (Fsp3) is 0.167. The van der Waals surface area contributed by atoms with Gasteiger partial charge in [0.15, 0.2) is 11.5 Å². The molecule has 0 saturated carbocycles. The van der Waals surface area contributed by atoms with Crippen molar-refractivity contribution in [2.75, 3.05) is 21.3 Å². The maximum Gasteiger partial charge on any atom is 0.164 e. The van der Waals surface area contributed by atoms with Gasteiger partial charge >= 0.3 is 0 Å². The highest BCUT2D eigenvalue weighted by atomic mass is 19.1. The second kappa shape index (κ2) is 7.32. The first kappa shape index (κ1) is 16.4. The summed E-state index contributed by atoms with van der Waals surface area (Å²) in [6, 6.07) is 11.3. The third-order valence-corrected chi connectivity index (χ3v) is 3.30. The number of ether oxygens (including phenoxy) is 3. The van der Waals surface area contributed by atoms with Crippen molar-refractivity contribution in [1.82, 2.24) is 0 Å². The van der Waals surface area contributed by atoms with Crippen LogP contribution in [0.3, 0.4) is 0 Å². The molecule has 0 aliphatic carbocycles. The van der Waals surface area contributed by atoms with E-state index in [4.69, 9.17) is 14.2 Å². The molecule has 0 aliphatic heterocycles. The maximum absolute atomic E-state index is 13.0. The lowest BCUT2D eigenvalue weighted by Crippen LogP contribution is -1.96. The molecule has 5 heteroatoms. The van der Waals surface area contributed by atoms with E-state index < -0.39 is 0 Å². The van der Waals surface area contributed by atoms with Crippen LogP contribution in [0, 0.1) is 17.1 Å². The normalized spacial score (nSPS) is 10.8. The quantitative estimate of drug-likeness (QED) is 0.620. The topological polar surface area (TPSA) is 51.5 Å². The Hall–Kier alpha value is -3.00. The number of halogens is 1. The van der Waals surface area contributed by atoms with Gasteiger partial charge in [0.2, 0.25) is 0 Å². The summed E-state index contributed by atoms with van der Waals surface area (Å²) in [4.78, 5) is 0. The molecule has 2 aromatic carbocycles. The molecule has 2 aromatic rings. The molecule has 0 bridgehead atoms. The number of nitrogens with zero attached hydrogens (tertiary/aromatic N) is 1. The van der Waals surface area contributed by atoms with Crippen LogP contribution in [-0.4, -0.2) is 21.3 Å². The summed E-state index contributed by atoms with van der Waals surface area (Å²) in [7, 11) is 4.55. The van der Waals surface area contributed by atoms with Gasteiger partial charge < -0.3 is 14.2 Å². The fourth-order valence-corrected chi connectivity index (χ4v) is 2.14. The van der Waals surface area contributed by atoms with Crippen molar-refractivity contribution in [3.05, 3.63) is 53.3 Å². The van der Waals surface area contributed by atoms with Crippen LogP contribution in [0.25, 0.3) is 11.6 Å². The standard InChI is InChI=1S/C18H16FNO3/c1-21-16-10-18(23-3)17(22-2)9-15(16)13(11-20)8-12-4-6-14(19)7-5-12/h4-10H,1-3H3. The maximum atomic E-state index is 13.0. The highest BCUT2D eigenvalue weighted by molar-refractivity contribution is 5.92. The number of nitriles is 1. The Morgan fingerprint density at radius 2 is 1.52 bits per heavy atom. The molecule has 0 unspecified atom stereocenters. The number of allylic oxidation sites excluding steroid dienone is 1. The van der Waals surface area contributed by atoms with Crippen LogP contribution in [0.15, 0.2) is 36.4 Å². The summed E-state index contributed by atoms with van der Waals surface area (Å²) in [6.07, 6.45) is 1.66. The molecule has 0 atom stereocenters. The molecule has 0 amide bonds. The molecule has 4 nitrogen and oxygen atoms in total. The second-order valence-electron chi connectivity index (χ2n) is 4.63. The lowest BCUT2D eigenvalue weighted by atomic mass is 10.0. The van der Waals surface area contributed by atoms with E-state index in [0.717, 1.165) is 0 Å². The Kier molecular flexibility index (Phi) is 5.21. The number of rotatable bonds is 5. The van der Waals surface area contributed by atoms with Crippen molar-refractivity contribution >= 4 is 11.6 Å². The monoisotopic (exact) mass is 313 g/mol. The summed E-state index contributed by atoms with van der Waals surface area (Å²) >= 11 is 0. The summed E-state index contributed by atoms with van der Waals surface area (Å²) in [5.41, 5.74) is 1.64. The van der Waals surface area contributed by atoms with E-state index in [0.29, 0.717) is 33.9 Å². The third kappa shape index (κ3) is 3.61. The van der Waals surface area contributed by atoms with Gasteiger partial charge in [-0.2, -0.15) is 5.26 Å². The van der Waals surface area contributed by atoms with Gasteiger partial charge in [-0.3, -0.25) is 0 Å². The van der Waals surface area contributed by atoms with Gasteiger partial charge in [-0.1, -0.05) is 12.1 Å². The van der Waals surface area contributed by atoms with Crippen LogP contribution < -0.4 is 14.2 Å². The van der Waals surface area contributed by atoms with Crippen molar-refractivity contribution in [3.63, 3.8) is 0 Å². The number of benzene rings is 2. The van der Waals surface area contributed by atoms with Crippen molar-refractivity contribution in [2.24, 2.45) is 0 Å². The molecular formula is C18H16FNO3. The van der Waals surface area contributed by atoms with Crippen LogP contribution >= 0.6 is 0 Å². The summed E-state index contributed by atoms with van der Waals surface area (Å²) < 4.78 is 28.8. The predicted molar refractivity (Wildman–Crippen MR) is 86.0 cm³/mol. The molecule has 118 valence electrons. The molecule has 0 saturated heterocycles. The van der Waals surface area contributed by atoms with Crippen molar-refractivity contribution in [3.8, 4) is 23.3 Å². The highest BCUT2D eigenvalue weighted by Crippen LogP contribution is 2.38. The smallest absolute Gasteiger partial charge is 0.164 e. The van der Waals surface area contributed by atoms with Gasteiger partial charge in [-0.15, -0.1) is 0 Å². The van der Waals surface area contributed by atoms with Crippen LogP contribution in [-0.2, 0) is 0 Å². The van der Waals surface area contributed by atoms with Crippen molar-refractivity contribution < 1.29 is 18.6 Å². The average Bonchev–Trinajstić information content (AvgIpc) is 2.60. The van der Waals surface area contributed by atoms with Gasteiger partial charge in [-0.25, -0.2) is 4.39 Å². The second-order valence-corrected chi connectivity index (χ2v) is 4.63. The predicted octanol–water partition coefficient (Wildman–Crippen LogP) is 3.92. The zero-order valence-corrected chi connectivity index (χ0v) is 13.1. The lowest BCUT2D eigenvalue weighted by molar-refractivity contribution is 0.348. The van der Waals surface area contributed by atoms with Crippen LogP contribution in [0.2, 0.25) is 0 Å². The van der Waals surface area contributed by atoms with E-state index in [1.54, 1.807) is 30.3 Å². The fourth-order valence-electron chi connectivity index (χ4n) is 2.14. The zero-order chi connectivity index (χ0) is 16.8. The minimum absolute atomic E-state index is 0.329. The molecule has 0 aromatic heterocycles. The molecule has 0 aliphatic rings. The summed E-state index contributed by atoms with van der Waals surface area (Å²) in [5, 5.41) is 9.49. The molecule has 0 spiro atoms. The first-order valence-corrected chi connectivity index (χ1v) is 6.80. The van der Waals surface area contributed by atoms with Crippen LogP contribution in [0.5, 0.6) is 17.2 Å². The van der Waals surface area contributed by atoms with Crippen LogP contribution in [0.1, 0.15) is 11.1 Å². The van der Waals surface area contributed by atoms with E-state index >= 15 is 0 Å². The first-order valence-electron chi connectivity index (χ1n) is 6.80. The summed E-state index contributed by atoms with van der Waals surface area (Å²) in [5.74, 6) is 1.15. The summed E-state index contributed by atoms with van der Waals surface area (Å²) in [6.45, 7) is 0. The van der Waals surface area contributed by atoms with Crippen molar-refractivity contribution in [1.29, 1.82) is 5.26 Å². The molecular weight excluding hydrogens is 297 g/mol. The highest BCUT2D eigenvalue weighted by Gasteiger charge is 2.15. The molecule has 23 heavy (non-hydrogen) atoms. The largest absolute Gasteiger partial charge is 0.496 e. The molecule has 0 fully saturated rings. The number of hydrogen-bond acceptors (Lipinski definition) is 4. The van der Waals surface area contributed by atoms with Crippen molar-refractivity contribution in [2.45, 2.75) is 0 Å². The van der Waals surface area contributed by atoms with E-state index in [1.165, 1.54) is 33.5 Å². The van der Waals surface area contributed by atoms with Gasteiger partial charge in [0.1, 0.15) is 11.6 Å². The Morgan fingerprint density at radius 1 is 0.957 bits per heavy atom. The van der Waals surface area contributed by atoms with E-state index in [9.17, 15) is 9.65 Å². The zero-order valence-electron chi connectivity index (χ0n) is 13.1. The van der Waals surface area contributed by atoms with Gasteiger partial charge in [0.25, 0.3) is 0 Å². The first-order chi connectivity index (χ1) is 11.1. The minimum Gasteiger partial charge on any atom is -0.496 e. The lowest BCUT2D eigenvalue weighted by Gasteiger charge is -2.13. The van der Waals surface area contributed by atoms with Gasteiger partial charge in [-0.05, 0) is 29.8 Å². The number of methoxy groups -OCH3 is 3.